The minimum absolute atomic E-state index is 0.199. The molecule has 5 heteroatoms. The number of pyridine rings is 1. The molecule has 1 aromatic heterocycles. The van der Waals surface area contributed by atoms with Crippen LogP contribution in [-0.4, -0.2) is 27.9 Å². The minimum Gasteiger partial charge on any atom is -0.508 e. The van der Waals surface area contributed by atoms with Crippen molar-refractivity contribution in [1.82, 2.24) is 9.88 Å². The third-order valence-corrected chi connectivity index (χ3v) is 2.85. The van der Waals surface area contributed by atoms with Gasteiger partial charge in [-0.15, -0.1) is 0 Å². The SMILES string of the molecule is CN(Cc1ccc(O)cc1)C(=O)c1cccc(Cl)n1. The van der Waals surface area contributed by atoms with E-state index in [1.54, 1.807) is 54.4 Å². The topological polar surface area (TPSA) is 53.4 Å². The standard InChI is InChI=1S/C14H13ClN2O2/c1-17(9-10-5-7-11(18)8-6-10)14(19)12-3-2-4-13(15)16-12/h2-8,18H,9H2,1H3. The van der Waals surface area contributed by atoms with Crippen molar-refractivity contribution in [1.29, 1.82) is 0 Å². The van der Waals surface area contributed by atoms with Crippen LogP contribution in [0.4, 0.5) is 0 Å². The molecule has 0 aliphatic heterocycles. The Morgan fingerprint density at radius 2 is 1.95 bits per heavy atom. The summed E-state index contributed by atoms with van der Waals surface area (Å²) in [5.41, 5.74) is 1.24. The molecular formula is C14H13ClN2O2. The van der Waals surface area contributed by atoms with Gasteiger partial charge < -0.3 is 10.0 Å². The molecule has 0 aliphatic rings. The molecule has 2 aromatic rings. The molecule has 98 valence electrons. The van der Waals surface area contributed by atoms with Crippen molar-refractivity contribution in [3.63, 3.8) is 0 Å². The molecule has 1 aromatic carbocycles. The molecule has 0 unspecified atom stereocenters. The molecule has 1 heterocycles. The molecule has 0 aliphatic carbocycles. The average molecular weight is 277 g/mol. The third kappa shape index (κ3) is 3.45. The Morgan fingerprint density at radius 3 is 2.58 bits per heavy atom. The van der Waals surface area contributed by atoms with Gasteiger partial charge in [0, 0.05) is 13.6 Å². The first-order valence-corrected chi connectivity index (χ1v) is 6.10. The average Bonchev–Trinajstić information content (AvgIpc) is 2.40. The molecule has 1 N–H and O–H groups in total. The van der Waals surface area contributed by atoms with Crippen molar-refractivity contribution in [3.8, 4) is 5.75 Å². The number of hydrogen-bond acceptors (Lipinski definition) is 3. The first-order valence-electron chi connectivity index (χ1n) is 5.72. The number of carbonyl (C=O) groups excluding carboxylic acids is 1. The molecule has 4 nitrogen and oxygen atoms in total. The lowest BCUT2D eigenvalue weighted by Gasteiger charge is -2.16. The van der Waals surface area contributed by atoms with E-state index in [1.807, 2.05) is 0 Å². The monoisotopic (exact) mass is 276 g/mol. The molecular weight excluding hydrogens is 264 g/mol. The molecule has 19 heavy (non-hydrogen) atoms. The third-order valence-electron chi connectivity index (χ3n) is 2.64. The zero-order valence-electron chi connectivity index (χ0n) is 10.4. The summed E-state index contributed by atoms with van der Waals surface area (Å²) in [4.78, 5) is 17.7. The van der Waals surface area contributed by atoms with E-state index in [4.69, 9.17) is 11.6 Å². The van der Waals surface area contributed by atoms with Crippen molar-refractivity contribution in [2.75, 3.05) is 7.05 Å². The van der Waals surface area contributed by atoms with E-state index < -0.39 is 0 Å². The zero-order valence-corrected chi connectivity index (χ0v) is 11.1. The Labute approximate surface area is 116 Å². The summed E-state index contributed by atoms with van der Waals surface area (Å²) in [6, 6.07) is 11.7. The largest absolute Gasteiger partial charge is 0.508 e. The first-order chi connectivity index (χ1) is 9.06. The quantitative estimate of drug-likeness (QED) is 0.877. The Balaban J connectivity index is 2.09. The van der Waals surface area contributed by atoms with Gasteiger partial charge in [0.1, 0.15) is 16.6 Å². The Bertz CT molecular complexity index is 584. The van der Waals surface area contributed by atoms with Crippen LogP contribution in [0.5, 0.6) is 5.75 Å². The predicted octanol–water partition coefficient (Wildman–Crippen LogP) is 2.71. The zero-order chi connectivity index (χ0) is 13.8. The molecule has 0 bridgehead atoms. The Hall–Kier alpha value is -2.07. The summed E-state index contributed by atoms with van der Waals surface area (Å²) in [6.45, 7) is 0.438. The smallest absolute Gasteiger partial charge is 0.272 e. The lowest BCUT2D eigenvalue weighted by Crippen LogP contribution is -2.26. The normalized spacial score (nSPS) is 10.2. The van der Waals surface area contributed by atoms with Crippen LogP contribution in [0.2, 0.25) is 5.15 Å². The number of hydrogen-bond donors (Lipinski definition) is 1. The highest BCUT2D eigenvalue weighted by Crippen LogP contribution is 2.13. The van der Waals surface area contributed by atoms with Crippen LogP contribution in [0.15, 0.2) is 42.5 Å². The van der Waals surface area contributed by atoms with Crippen molar-refractivity contribution in [2.45, 2.75) is 6.54 Å². The lowest BCUT2D eigenvalue weighted by atomic mass is 10.2. The Kier molecular flexibility index (Phi) is 4.02. The predicted molar refractivity (Wildman–Crippen MR) is 73.2 cm³/mol. The second-order valence-electron chi connectivity index (χ2n) is 4.17. The summed E-state index contributed by atoms with van der Waals surface area (Å²) in [5, 5.41) is 9.50. The van der Waals surface area contributed by atoms with Crippen LogP contribution in [0.3, 0.4) is 0 Å². The van der Waals surface area contributed by atoms with Crippen LogP contribution in [0.25, 0.3) is 0 Å². The van der Waals surface area contributed by atoms with E-state index in [1.165, 1.54) is 0 Å². The number of rotatable bonds is 3. The number of aromatic hydroxyl groups is 1. The van der Waals surface area contributed by atoms with Crippen molar-refractivity contribution in [3.05, 3.63) is 58.9 Å². The first kappa shape index (κ1) is 13.4. The highest BCUT2D eigenvalue weighted by molar-refractivity contribution is 6.29. The van der Waals surface area contributed by atoms with E-state index >= 15 is 0 Å². The summed E-state index contributed by atoms with van der Waals surface area (Å²) < 4.78 is 0. The van der Waals surface area contributed by atoms with E-state index in [-0.39, 0.29) is 11.7 Å². The molecule has 0 atom stereocenters. The van der Waals surface area contributed by atoms with Gasteiger partial charge in [-0.2, -0.15) is 0 Å². The van der Waals surface area contributed by atoms with E-state index in [0.29, 0.717) is 17.4 Å². The fourth-order valence-corrected chi connectivity index (χ4v) is 1.83. The number of carbonyl (C=O) groups is 1. The highest BCUT2D eigenvalue weighted by atomic mass is 35.5. The molecule has 0 radical (unpaired) electrons. The number of aromatic nitrogens is 1. The van der Waals surface area contributed by atoms with Gasteiger partial charge in [0.25, 0.3) is 5.91 Å². The number of amides is 1. The fraction of sp³-hybridized carbons (Fsp3) is 0.143. The van der Waals surface area contributed by atoms with Crippen LogP contribution in [-0.2, 0) is 6.54 Å². The molecule has 0 fully saturated rings. The number of benzene rings is 1. The van der Waals surface area contributed by atoms with Gasteiger partial charge in [0.2, 0.25) is 0 Å². The summed E-state index contributed by atoms with van der Waals surface area (Å²) in [5.74, 6) is 0.00446. The van der Waals surface area contributed by atoms with Gasteiger partial charge in [-0.05, 0) is 29.8 Å². The number of nitrogens with zero attached hydrogens (tertiary/aromatic N) is 2. The van der Waals surface area contributed by atoms with E-state index in [9.17, 15) is 9.90 Å². The molecule has 1 amide bonds. The van der Waals surface area contributed by atoms with E-state index in [0.717, 1.165) is 5.56 Å². The fourth-order valence-electron chi connectivity index (χ4n) is 1.67. The number of halogens is 1. The van der Waals surface area contributed by atoms with Crippen LogP contribution < -0.4 is 0 Å². The van der Waals surface area contributed by atoms with Gasteiger partial charge in [-0.25, -0.2) is 4.98 Å². The van der Waals surface area contributed by atoms with Gasteiger partial charge in [0.05, 0.1) is 0 Å². The minimum atomic E-state index is -0.199. The van der Waals surface area contributed by atoms with Crippen molar-refractivity contribution in [2.24, 2.45) is 0 Å². The van der Waals surface area contributed by atoms with Crippen LogP contribution in [0.1, 0.15) is 16.1 Å². The summed E-state index contributed by atoms with van der Waals surface area (Å²) in [6.07, 6.45) is 0. The van der Waals surface area contributed by atoms with Gasteiger partial charge in [-0.3, -0.25) is 4.79 Å². The maximum atomic E-state index is 12.1. The number of phenolic OH excluding ortho intramolecular Hbond substituents is 1. The molecule has 0 saturated heterocycles. The van der Waals surface area contributed by atoms with Gasteiger partial charge in [-0.1, -0.05) is 29.8 Å². The summed E-state index contributed by atoms with van der Waals surface area (Å²) >= 11 is 5.76. The Morgan fingerprint density at radius 1 is 1.26 bits per heavy atom. The maximum absolute atomic E-state index is 12.1. The van der Waals surface area contributed by atoms with Crippen LogP contribution >= 0.6 is 11.6 Å². The highest BCUT2D eigenvalue weighted by Gasteiger charge is 2.13. The number of phenols is 1. The van der Waals surface area contributed by atoms with Gasteiger partial charge in [0.15, 0.2) is 0 Å². The van der Waals surface area contributed by atoms with Crippen molar-refractivity contribution >= 4 is 17.5 Å². The molecule has 0 spiro atoms. The summed E-state index contributed by atoms with van der Waals surface area (Å²) in [7, 11) is 1.69. The molecule has 2 rings (SSSR count). The lowest BCUT2D eigenvalue weighted by molar-refractivity contribution is 0.0779. The second-order valence-corrected chi connectivity index (χ2v) is 4.56. The van der Waals surface area contributed by atoms with E-state index in [2.05, 4.69) is 4.98 Å². The van der Waals surface area contributed by atoms with Gasteiger partial charge >= 0.3 is 0 Å². The second kappa shape index (κ2) is 5.71. The van der Waals surface area contributed by atoms with Crippen LogP contribution in [0, 0.1) is 0 Å². The van der Waals surface area contributed by atoms with Crippen molar-refractivity contribution < 1.29 is 9.90 Å². The molecule has 0 saturated carbocycles. The maximum Gasteiger partial charge on any atom is 0.272 e.